The first-order valence-electron chi connectivity index (χ1n) is 8.56. The van der Waals surface area contributed by atoms with Crippen molar-refractivity contribution in [3.8, 4) is 0 Å². The van der Waals surface area contributed by atoms with Gasteiger partial charge in [0.25, 0.3) is 0 Å². The Bertz CT molecular complexity index is 1050. The molecule has 0 saturated carbocycles. The van der Waals surface area contributed by atoms with E-state index in [0.29, 0.717) is 4.64 Å². The second kappa shape index (κ2) is 13.4. The molecule has 3 rings (SSSR count). The van der Waals surface area contributed by atoms with E-state index in [1.54, 1.807) is 17.7 Å². The van der Waals surface area contributed by atoms with Gasteiger partial charge in [-0.1, -0.05) is 36.5 Å². The minimum Gasteiger partial charge on any atom is -0.388 e. The van der Waals surface area contributed by atoms with Crippen molar-refractivity contribution < 1.29 is 72.7 Å². The summed E-state index contributed by atoms with van der Waals surface area (Å²) in [4.78, 5) is 64.7. The first-order chi connectivity index (χ1) is 15.1. The zero-order valence-electron chi connectivity index (χ0n) is 17.0. The average molecular weight is 571 g/mol. The molecule has 11 N–H and O–H groups in total. The Kier molecular flexibility index (Phi) is 13.0. The molecule has 2 heterocycles. The van der Waals surface area contributed by atoms with Gasteiger partial charge in [0, 0.05) is 11.6 Å². The van der Waals surface area contributed by atoms with Gasteiger partial charge in [-0.05, 0) is 18.4 Å². The van der Waals surface area contributed by atoms with E-state index in [1.807, 2.05) is 30.3 Å². The second-order valence-corrected chi connectivity index (χ2v) is 9.83. The van der Waals surface area contributed by atoms with Crippen molar-refractivity contribution in [2.24, 2.45) is 0 Å². The van der Waals surface area contributed by atoms with E-state index in [1.165, 1.54) is 0 Å². The number of ether oxygens (including phenoxy) is 1. The lowest BCUT2D eigenvalue weighted by atomic mass is 10.1. The Labute approximate surface area is 196 Å². The van der Waals surface area contributed by atoms with Crippen LogP contribution in [0.5, 0.6) is 0 Å². The summed E-state index contributed by atoms with van der Waals surface area (Å²) in [7, 11) is -13.9. The molecule has 0 bridgehead atoms. The molecule has 2 aromatic rings. The maximum atomic E-state index is 10.0. The van der Waals surface area contributed by atoms with Gasteiger partial charge < -0.3 is 63.6 Å². The van der Waals surface area contributed by atoms with Crippen molar-refractivity contribution in [3.05, 3.63) is 41.2 Å². The molecule has 0 radical (unpaired) electrons. The number of hydrogen-bond donors (Lipinski definition) is 11. The molecule has 0 amide bonds. The number of phosphoric acid groups is 3. The van der Waals surface area contributed by atoms with Gasteiger partial charge in [-0.2, -0.15) is 0 Å². The van der Waals surface area contributed by atoms with Gasteiger partial charge in [-0.3, -0.25) is 0 Å². The largest absolute Gasteiger partial charge is 0.466 e. The maximum Gasteiger partial charge on any atom is 0.466 e. The Hall–Kier alpha value is -0.940. The van der Waals surface area contributed by atoms with Crippen molar-refractivity contribution in [3.63, 3.8) is 0 Å². The van der Waals surface area contributed by atoms with Gasteiger partial charge in [0.15, 0.2) is 6.23 Å². The fourth-order valence-electron chi connectivity index (χ4n) is 2.46. The highest BCUT2D eigenvalue weighted by Crippen LogP contribution is 2.31. The van der Waals surface area contributed by atoms with Gasteiger partial charge in [0.05, 0.1) is 6.10 Å². The summed E-state index contributed by atoms with van der Waals surface area (Å²) >= 11 is 5.45. The van der Waals surface area contributed by atoms with E-state index in [9.17, 15) is 10.2 Å². The number of pyridine rings is 1. The normalized spacial score (nSPS) is 22.5. The van der Waals surface area contributed by atoms with Gasteiger partial charge in [-0.25, -0.2) is 13.7 Å². The molecule has 34 heavy (non-hydrogen) atoms. The number of rotatable bonds is 1. The number of fused-ring (bicyclic) bond motifs is 1. The van der Waals surface area contributed by atoms with Crippen molar-refractivity contribution in [2.45, 2.75) is 31.5 Å². The van der Waals surface area contributed by atoms with Crippen molar-refractivity contribution in [1.82, 2.24) is 4.57 Å². The molecule has 20 heteroatoms. The van der Waals surface area contributed by atoms with Crippen molar-refractivity contribution in [1.29, 1.82) is 0 Å². The third kappa shape index (κ3) is 15.1. The van der Waals surface area contributed by atoms with Crippen LogP contribution in [0.2, 0.25) is 0 Å². The third-order valence-electron chi connectivity index (χ3n) is 3.59. The number of aliphatic hydroxyl groups is 2. The van der Waals surface area contributed by atoms with E-state index in [0.717, 1.165) is 10.8 Å². The van der Waals surface area contributed by atoms with E-state index in [2.05, 4.69) is 0 Å². The number of benzene rings is 1. The molecule has 196 valence electrons. The standard InChI is InChI=1S/C14H15NO3S.3H3O4P/c1-8-11(16)12(17)13(18-8)15-7-6-9-4-2-3-5-10(9)14(15)19;3*1-5(2,3)4/h2-8,11-13,16-17H,1H3;3*(H3,1,2,3,4). The monoisotopic (exact) mass is 571 g/mol. The highest BCUT2D eigenvalue weighted by molar-refractivity contribution is 7.71. The van der Waals surface area contributed by atoms with Crippen LogP contribution in [0, 0.1) is 4.64 Å². The first-order valence-corrected chi connectivity index (χ1v) is 13.7. The van der Waals surface area contributed by atoms with E-state index >= 15 is 0 Å². The van der Waals surface area contributed by atoms with Crippen LogP contribution in [0.4, 0.5) is 0 Å². The first kappa shape index (κ1) is 33.1. The predicted octanol–water partition coefficient (Wildman–Crippen LogP) is -0.776. The number of hydrogen-bond acceptors (Lipinski definition) is 7. The second-order valence-electron chi connectivity index (χ2n) is 6.37. The Morgan fingerprint density at radius 1 is 0.794 bits per heavy atom. The summed E-state index contributed by atoms with van der Waals surface area (Å²) in [5.74, 6) is 0. The zero-order chi connectivity index (χ0) is 27.1. The molecule has 16 nitrogen and oxygen atoms in total. The lowest BCUT2D eigenvalue weighted by Crippen LogP contribution is -2.30. The molecule has 1 aliphatic heterocycles. The molecule has 1 aliphatic rings. The molecule has 0 spiro atoms. The van der Waals surface area contributed by atoms with Gasteiger partial charge in [-0.15, -0.1) is 0 Å². The fraction of sp³-hybridized carbons (Fsp3) is 0.357. The fourth-order valence-corrected chi connectivity index (χ4v) is 2.81. The molecule has 4 atom stereocenters. The maximum absolute atomic E-state index is 10.0. The Morgan fingerprint density at radius 3 is 1.59 bits per heavy atom. The molecular formula is C14H24NO15P3S. The smallest absolute Gasteiger partial charge is 0.388 e. The van der Waals surface area contributed by atoms with Gasteiger partial charge in [0.2, 0.25) is 0 Å². The van der Waals surface area contributed by atoms with E-state index in [-0.39, 0.29) is 0 Å². The molecular weight excluding hydrogens is 547 g/mol. The van der Waals surface area contributed by atoms with Crippen molar-refractivity contribution >= 4 is 46.5 Å². The summed E-state index contributed by atoms with van der Waals surface area (Å²) in [6.07, 6.45) is -1.11. The van der Waals surface area contributed by atoms with Crippen LogP contribution >= 0.6 is 35.7 Å². The summed E-state index contributed by atoms with van der Waals surface area (Å²) in [6, 6.07) is 9.73. The highest BCUT2D eigenvalue weighted by Gasteiger charge is 2.41. The summed E-state index contributed by atoms with van der Waals surface area (Å²) in [5, 5.41) is 21.8. The van der Waals surface area contributed by atoms with Crippen LogP contribution in [0.15, 0.2) is 36.5 Å². The van der Waals surface area contributed by atoms with Crippen molar-refractivity contribution in [2.75, 3.05) is 0 Å². The Morgan fingerprint density at radius 2 is 1.21 bits per heavy atom. The predicted molar refractivity (Wildman–Crippen MR) is 117 cm³/mol. The summed E-state index contributed by atoms with van der Waals surface area (Å²) < 4.78 is 34.5. The summed E-state index contributed by atoms with van der Waals surface area (Å²) in [6.45, 7) is 1.73. The minimum atomic E-state index is -4.64. The quantitative estimate of drug-likeness (QED) is 0.148. The number of aromatic nitrogens is 1. The van der Waals surface area contributed by atoms with Crippen LogP contribution in [-0.2, 0) is 18.4 Å². The van der Waals surface area contributed by atoms with Crippen LogP contribution in [-0.4, -0.2) is 77.1 Å². The summed E-state index contributed by atoms with van der Waals surface area (Å²) in [5.41, 5.74) is 0. The lowest BCUT2D eigenvalue weighted by molar-refractivity contribution is -0.0329. The van der Waals surface area contributed by atoms with E-state index < -0.39 is 48.0 Å². The lowest BCUT2D eigenvalue weighted by Gasteiger charge is -2.19. The van der Waals surface area contributed by atoms with E-state index in [4.69, 9.17) is 74.7 Å². The molecule has 1 aromatic heterocycles. The number of nitrogens with zero attached hydrogens (tertiary/aromatic N) is 1. The third-order valence-corrected chi connectivity index (χ3v) is 4.02. The van der Waals surface area contributed by atoms with Crippen LogP contribution in [0.3, 0.4) is 0 Å². The molecule has 1 fully saturated rings. The molecule has 1 saturated heterocycles. The molecule has 1 aromatic carbocycles. The Balaban J connectivity index is 0.000000599. The minimum absolute atomic E-state index is 0.409. The number of aliphatic hydroxyl groups excluding tert-OH is 2. The van der Waals surface area contributed by atoms with Crippen LogP contribution in [0.25, 0.3) is 10.8 Å². The zero-order valence-corrected chi connectivity index (χ0v) is 20.5. The topological polar surface area (TPSA) is 288 Å². The van der Waals surface area contributed by atoms with Crippen LogP contribution < -0.4 is 0 Å². The van der Waals surface area contributed by atoms with Crippen LogP contribution in [0.1, 0.15) is 13.2 Å². The highest BCUT2D eigenvalue weighted by atomic mass is 32.1. The molecule has 0 aliphatic carbocycles. The average Bonchev–Trinajstić information content (AvgIpc) is 2.85. The molecule has 4 unspecified atom stereocenters. The van der Waals surface area contributed by atoms with Gasteiger partial charge in [0.1, 0.15) is 16.8 Å². The van der Waals surface area contributed by atoms with Gasteiger partial charge >= 0.3 is 23.5 Å². The SMILES string of the molecule is CC1OC(n2ccc3ccccc3c2=S)C(O)C1O.O=P(O)(O)O.O=P(O)(O)O.O=P(O)(O)O.